The van der Waals surface area contributed by atoms with Gasteiger partial charge in [0.2, 0.25) is 0 Å². The summed E-state index contributed by atoms with van der Waals surface area (Å²) in [6.45, 7) is 5.20. The van der Waals surface area contributed by atoms with Crippen LogP contribution < -0.4 is 10.2 Å². The van der Waals surface area contributed by atoms with Gasteiger partial charge in [0, 0.05) is 32.3 Å². The Morgan fingerprint density at radius 2 is 1.70 bits per heavy atom. The lowest BCUT2D eigenvalue weighted by Gasteiger charge is -2.19. The molecule has 0 saturated carbocycles. The lowest BCUT2D eigenvalue weighted by molar-refractivity contribution is -0.153. The smallest absolute Gasteiger partial charge is 0.335 e. The Balaban J connectivity index is 1.99. The Morgan fingerprint density at radius 1 is 0.970 bits per heavy atom. The van der Waals surface area contributed by atoms with Gasteiger partial charge in [-0.25, -0.2) is 9.59 Å². The molecule has 0 radical (unpaired) electrons. The first-order chi connectivity index (χ1) is 16.0. The van der Waals surface area contributed by atoms with Crippen molar-refractivity contribution in [3.8, 4) is 11.1 Å². The maximum absolute atomic E-state index is 12.5. The highest BCUT2D eigenvalue weighted by molar-refractivity contribution is 5.92. The minimum atomic E-state index is -0.604. The first kappa shape index (κ1) is 26.4. The van der Waals surface area contributed by atoms with Crippen molar-refractivity contribution in [3.05, 3.63) is 54.1 Å². The maximum atomic E-state index is 12.5. The van der Waals surface area contributed by atoms with Crippen LogP contribution in [0.4, 0.5) is 10.5 Å². The number of benzene rings is 2. The number of unbranched alkanes of at least 4 members (excludes halogenated alkanes) is 4. The highest BCUT2D eigenvalue weighted by Gasteiger charge is 2.19. The Labute approximate surface area is 198 Å². The fourth-order valence-corrected chi connectivity index (χ4v) is 3.64. The number of nitrogens with one attached hydrogen (secondary N) is 1. The summed E-state index contributed by atoms with van der Waals surface area (Å²) >= 11 is 0. The summed E-state index contributed by atoms with van der Waals surface area (Å²) in [7, 11) is 3.16. The highest BCUT2D eigenvalue weighted by atomic mass is 16.6. The summed E-state index contributed by atoms with van der Waals surface area (Å²) < 4.78 is 10.3. The SMILES string of the molecule is CCCCCCCNC(=O)N(C)c1cccc(-c2ccc(CC(OCC)C(=O)OC)cc2)c1. The predicted molar refractivity (Wildman–Crippen MR) is 134 cm³/mol. The molecule has 1 atom stereocenters. The molecule has 1 N–H and O–H groups in total. The number of methoxy groups -OCH3 is 1. The van der Waals surface area contributed by atoms with E-state index in [0.29, 0.717) is 19.6 Å². The number of nitrogens with zero attached hydrogens (tertiary/aromatic N) is 1. The van der Waals surface area contributed by atoms with Crippen LogP contribution in [0.25, 0.3) is 11.1 Å². The van der Waals surface area contributed by atoms with Crippen LogP contribution in [-0.4, -0.2) is 45.4 Å². The van der Waals surface area contributed by atoms with E-state index in [2.05, 4.69) is 12.2 Å². The van der Waals surface area contributed by atoms with Gasteiger partial charge < -0.3 is 14.8 Å². The largest absolute Gasteiger partial charge is 0.467 e. The van der Waals surface area contributed by atoms with E-state index in [9.17, 15) is 9.59 Å². The zero-order valence-corrected chi connectivity index (χ0v) is 20.4. The van der Waals surface area contributed by atoms with Gasteiger partial charge in [-0.2, -0.15) is 0 Å². The number of urea groups is 1. The Bertz CT molecular complexity index is 867. The summed E-state index contributed by atoms with van der Waals surface area (Å²) in [5, 5.41) is 3.00. The van der Waals surface area contributed by atoms with E-state index in [0.717, 1.165) is 35.2 Å². The Kier molecular flexibility index (Phi) is 11.5. The number of carbonyl (C=O) groups excluding carboxylic acids is 2. The van der Waals surface area contributed by atoms with Gasteiger partial charge in [-0.05, 0) is 42.2 Å². The third-order valence-electron chi connectivity index (χ3n) is 5.63. The Hall–Kier alpha value is -2.86. The van der Waals surface area contributed by atoms with E-state index < -0.39 is 6.10 Å². The number of anilines is 1. The van der Waals surface area contributed by atoms with Crippen LogP contribution in [0.15, 0.2) is 48.5 Å². The van der Waals surface area contributed by atoms with Crippen LogP contribution >= 0.6 is 0 Å². The summed E-state index contributed by atoms with van der Waals surface area (Å²) in [5.41, 5.74) is 3.89. The molecule has 0 aliphatic carbocycles. The number of ether oxygens (including phenoxy) is 2. The van der Waals surface area contributed by atoms with Crippen LogP contribution in [0.5, 0.6) is 0 Å². The molecule has 2 aromatic rings. The fourth-order valence-electron chi connectivity index (χ4n) is 3.64. The molecule has 6 nitrogen and oxygen atoms in total. The van der Waals surface area contributed by atoms with Crippen molar-refractivity contribution in [3.63, 3.8) is 0 Å². The quantitative estimate of drug-likeness (QED) is 0.316. The third kappa shape index (κ3) is 8.54. The van der Waals surface area contributed by atoms with E-state index in [1.54, 1.807) is 11.9 Å². The van der Waals surface area contributed by atoms with Gasteiger partial charge in [0.15, 0.2) is 6.10 Å². The number of carbonyl (C=O) groups is 2. The van der Waals surface area contributed by atoms with Gasteiger partial charge in [0.1, 0.15) is 0 Å². The monoisotopic (exact) mass is 454 g/mol. The molecule has 33 heavy (non-hydrogen) atoms. The molecule has 0 aliphatic heterocycles. The second-order valence-corrected chi connectivity index (χ2v) is 8.12. The number of esters is 1. The molecular weight excluding hydrogens is 416 g/mol. The van der Waals surface area contributed by atoms with Crippen molar-refractivity contribution in [2.75, 3.05) is 32.2 Å². The second kappa shape index (κ2) is 14.3. The molecule has 2 rings (SSSR count). The highest BCUT2D eigenvalue weighted by Crippen LogP contribution is 2.25. The zero-order valence-electron chi connectivity index (χ0n) is 20.4. The molecule has 2 aromatic carbocycles. The van der Waals surface area contributed by atoms with E-state index in [1.165, 1.54) is 26.4 Å². The van der Waals surface area contributed by atoms with Crippen molar-refractivity contribution in [1.29, 1.82) is 0 Å². The first-order valence-corrected chi connectivity index (χ1v) is 11.9. The van der Waals surface area contributed by atoms with Gasteiger partial charge in [0.05, 0.1) is 7.11 Å². The van der Waals surface area contributed by atoms with Crippen molar-refractivity contribution in [2.24, 2.45) is 0 Å². The molecule has 6 heteroatoms. The average molecular weight is 455 g/mol. The molecular formula is C27H38N2O4. The second-order valence-electron chi connectivity index (χ2n) is 8.12. The maximum Gasteiger partial charge on any atom is 0.335 e. The van der Waals surface area contributed by atoms with E-state index >= 15 is 0 Å². The Morgan fingerprint density at radius 3 is 2.36 bits per heavy atom. The van der Waals surface area contributed by atoms with Crippen LogP contribution in [0.2, 0.25) is 0 Å². The number of amides is 2. The van der Waals surface area contributed by atoms with Gasteiger partial charge >= 0.3 is 12.0 Å². The number of rotatable bonds is 13. The normalized spacial score (nSPS) is 11.6. The number of hydrogen-bond acceptors (Lipinski definition) is 4. The molecule has 0 saturated heterocycles. The first-order valence-electron chi connectivity index (χ1n) is 11.9. The van der Waals surface area contributed by atoms with Crippen LogP contribution in [-0.2, 0) is 20.7 Å². The summed E-state index contributed by atoms with van der Waals surface area (Å²) in [6, 6.07) is 15.8. The van der Waals surface area contributed by atoms with Gasteiger partial charge in [-0.15, -0.1) is 0 Å². The van der Waals surface area contributed by atoms with Crippen molar-refractivity contribution < 1.29 is 19.1 Å². The molecule has 0 aliphatic rings. The lowest BCUT2D eigenvalue weighted by Crippen LogP contribution is -2.37. The van der Waals surface area contributed by atoms with E-state index in [4.69, 9.17) is 9.47 Å². The third-order valence-corrected chi connectivity index (χ3v) is 5.63. The van der Waals surface area contributed by atoms with Crippen LogP contribution in [0.3, 0.4) is 0 Å². The lowest BCUT2D eigenvalue weighted by atomic mass is 10.0. The standard InChI is InChI=1S/C27H38N2O4/c1-5-7-8-9-10-18-28-27(31)29(3)24-13-11-12-23(20-24)22-16-14-21(15-17-22)19-25(33-6-2)26(30)32-4/h11-17,20,25H,5-10,18-19H2,1-4H3,(H,28,31). The minimum Gasteiger partial charge on any atom is -0.467 e. The molecule has 0 bridgehead atoms. The van der Waals surface area contributed by atoms with Crippen LogP contribution in [0, 0.1) is 0 Å². The van der Waals surface area contributed by atoms with Gasteiger partial charge in [-0.1, -0.05) is 69.0 Å². The predicted octanol–water partition coefficient (Wildman–Crippen LogP) is 5.59. The molecule has 180 valence electrons. The van der Waals surface area contributed by atoms with Crippen molar-refractivity contribution in [2.45, 2.75) is 58.5 Å². The topological polar surface area (TPSA) is 67.9 Å². The number of hydrogen-bond donors (Lipinski definition) is 1. The van der Waals surface area contributed by atoms with Crippen molar-refractivity contribution in [1.82, 2.24) is 5.32 Å². The summed E-state index contributed by atoms with van der Waals surface area (Å²) in [5.74, 6) is -0.365. The minimum absolute atomic E-state index is 0.0947. The molecule has 0 spiro atoms. The zero-order chi connectivity index (χ0) is 24.1. The van der Waals surface area contributed by atoms with Gasteiger partial charge in [0.25, 0.3) is 0 Å². The fraction of sp³-hybridized carbons (Fsp3) is 0.481. The van der Waals surface area contributed by atoms with Crippen molar-refractivity contribution >= 4 is 17.7 Å². The molecule has 1 unspecified atom stereocenters. The molecule has 0 heterocycles. The molecule has 0 aromatic heterocycles. The average Bonchev–Trinajstić information content (AvgIpc) is 2.85. The molecule has 2 amide bonds. The van der Waals surface area contributed by atoms with Gasteiger partial charge in [-0.3, -0.25) is 4.90 Å². The van der Waals surface area contributed by atoms with Crippen LogP contribution in [0.1, 0.15) is 51.5 Å². The van der Waals surface area contributed by atoms with E-state index in [-0.39, 0.29) is 12.0 Å². The molecule has 0 fully saturated rings. The summed E-state index contributed by atoms with van der Waals surface area (Å²) in [6.07, 6.45) is 5.70. The summed E-state index contributed by atoms with van der Waals surface area (Å²) in [4.78, 5) is 26.1. The van der Waals surface area contributed by atoms with E-state index in [1.807, 2.05) is 55.5 Å².